The van der Waals surface area contributed by atoms with Gasteiger partial charge in [-0.05, 0) is 28.8 Å². The average Bonchev–Trinajstić information content (AvgIpc) is 2.90. The SMILES string of the molecule is CC(C)(C)c1ccnc(-c2[c-]cccc2)c1.[B].[Ir].[Y].[c-]1ccc(-c2[c-]cccc2)[c-]c1-c1ccccn1. The number of rotatable bonds is 3. The molecule has 0 aliphatic rings. The number of nitrogens with zero attached hydrogens (tertiary/aromatic N) is 2. The van der Waals surface area contributed by atoms with E-state index in [1.54, 1.807) is 6.20 Å². The van der Waals surface area contributed by atoms with Gasteiger partial charge in [0.1, 0.15) is 0 Å². The molecule has 2 heterocycles. The predicted octanol–water partition coefficient (Wildman–Crippen LogP) is 7.28. The Morgan fingerprint density at radius 1 is 0.622 bits per heavy atom. The van der Waals surface area contributed by atoms with Crippen LogP contribution in [0, 0.1) is 24.3 Å². The smallest absolute Gasteiger partial charge is 0.0163 e. The summed E-state index contributed by atoms with van der Waals surface area (Å²) in [5.41, 5.74) is 7.31. The number of hydrogen-bond acceptors (Lipinski definition) is 2. The molecule has 0 aliphatic heterocycles. The van der Waals surface area contributed by atoms with Crippen LogP contribution in [0.4, 0.5) is 0 Å². The Morgan fingerprint density at radius 2 is 1.27 bits per heavy atom. The molecule has 0 atom stereocenters. The Labute approximate surface area is 262 Å². The fourth-order valence-corrected chi connectivity index (χ4v) is 3.38. The molecule has 0 amide bonds. The van der Waals surface area contributed by atoms with E-state index in [9.17, 15) is 0 Å². The number of hydrogen-bond donors (Lipinski definition) is 0. The van der Waals surface area contributed by atoms with Crippen molar-refractivity contribution in [2.75, 3.05) is 0 Å². The monoisotopic (exact) mass is 731 g/mol. The van der Waals surface area contributed by atoms with Gasteiger partial charge in [-0.2, -0.15) is 5.56 Å². The third-order valence-electron chi connectivity index (χ3n) is 5.27. The van der Waals surface area contributed by atoms with Crippen LogP contribution in [0.5, 0.6) is 0 Å². The third kappa shape index (κ3) is 9.55. The first-order valence-electron chi connectivity index (χ1n) is 11.3. The molecule has 37 heavy (non-hydrogen) atoms. The van der Waals surface area contributed by atoms with E-state index < -0.39 is 0 Å². The van der Waals surface area contributed by atoms with Crippen LogP contribution in [-0.2, 0) is 58.2 Å². The maximum atomic E-state index is 4.39. The van der Waals surface area contributed by atoms with Crippen LogP contribution in [0.1, 0.15) is 26.3 Å². The van der Waals surface area contributed by atoms with Gasteiger partial charge in [0, 0.05) is 73.6 Å². The maximum Gasteiger partial charge on any atom is 0.0163 e. The molecular formula is C32H26BIrN2Y-4. The van der Waals surface area contributed by atoms with Crippen LogP contribution >= 0.6 is 0 Å². The van der Waals surface area contributed by atoms with Crippen LogP contribution < -0.4 is 0 Å². The summed E-state index contributed by atoms with van der Waals surface area (Å²) in [6.07, 6.45) is 3.65. The van der Waals surface area contributed by atoms with Crippen LogP contribution in [0.2, 0.25) is 0 Å². The van der Waals surface area contributed by atoms with Gasteiger partial charge in [0.25, 0.3) is 0 Å². The van der Waals surface area contributed by atoms with Gasteiger partial charge in [0.05, 0.1) is 0 Å². The topological polar surface area (TPSA) is 25.8 Å². The Kier molecular flexibility index (Phi) is 14.1. The Hall–Kier alpha value is -2.22. The van der Waals surface area contributed by atoms with Crippen molar-refractivity contribution in [1.82, 2.24) is 9.97 Å². The number of pyridine rings is 2. The standard InChI is InChI=1S/C17H10N.C15H16N.B.Ir.Y/c1-2-7-14(8-3-1)15-9-6-10-16(13-15)17-11-4-5-12-18-17;1-15(2,3)13-9-10-16-14(11-13)12-7-5-4-6-8-12;;;/h1-7,9,11-12H;4-7,9-11H,1-3H3;;;/q-3;-1;;;. The van der Waals surface area contributed by atoms with Gasteiger partial charge in [0.15, 0.2) is 0 Å². The molecule has 2 nitrogen and oxygen atoms in total. The normalized spacial score (nSPS) is 9.92. The van der Waals surface area contributed by atoms with Crippen molar-refractivity contribution in [1.29, 1.82) is 0 Å². The summed E-state index contributed by atoms with van der Waals surface area (Å²) in [6.45, 7) is 6.63. The van der Waals surface area contributed by atoms with Gasteiger partial charge in [-0.15, -0.1) is 72.3 Å². The fourth-order valence-electron chi connectivity index (χ4n) is 3.38. The molecule has 2 aromatic heterocycles. The van der Waals surface area contributed by atoms with Crippen molar-refractivity contribution in [3.8, 4) is 33.6 Å². The molecule has 183 valence electrons. The molecule has 0 fully saturated rings. The molecule has 3 aromatic carbocycles. The van der Waals surface area contributed by atoms with Crippen molar-refractivity contribution in [3.05, 3.63) is 133 Å². The largest absolute Gasteiger partial charge is 0.352 e. The van der Waals surface area contributed by atoms with E-state index in [1.165, 1.54) is 5.56 Å². The van der Waals surface area contributed by atoms with Crippen molar-refractivity contribution in [2.45, 2.75) is 26.2 Å². The van der Waals surface area contributed by atoms with Crippen molar-refractivity contribution >= 4 is 8.41 Å². The minimum Gasteiger partial charge on any atom is -0.352 e. The van der Waals surface area contributed by atoms with Crippen LogP contribution in [0.15, 0.2) is 103 Å². The molecule has 0 aliphatic carbocycles. The minimum atomic E-state index is 0. The molecule has 5 aromatic rings. The third-order valence-corrected chi connectivity index (χ3v) is 5.27. The zero-order valence-electron chi connectivity index (χ0n) is 21.2. The van der Waals surface area contributed by atoms with Crippen molar-refractivity contribution in [2.24, 2.45) is 0 Å². The van der Waals surface area contributed by atoms with E-state index in [0.29, 0.717) is 0 Å². The minimum absolute atomic E-state index is 0. The Balaban J connectivity index is 0.000000344. The van der Waals surface area contributed by atoms with Crippen LogP contribution in [-0.4, -0.2) is 18.4 Å². The van der Waals surface area contributed by atoms with Gasteiger partial charge in [0.2, 0.25) is 0 Å². The first kappa shape index (κ1) is 32.8. The van der Waals surface area contributed by atoms with Gasteiger partial charge in [-0.1, -0.05) is 38.6 Å². The van der Waals surface area contributed by atoms with E-state index in [2.05, 4.69) is 67.1 Å². The molecule has 0 bridgehead atoms. The van der Waals surface area contributed by atoms with Gasteiger partial charge >= 0.3 is 0 Å². The summed E-state index contributed by atoms with van der Waals surface area (Å²) >= 11 is 0. The van der Waals surface area contributed by atoms with E-state index >= 15 is 0 Å². The van der Waals surface area contributed by atoms with Crippen molar-refractivity contribution in [3.63, 3.8) is 0 Å². The predicted molar refractivity (Wildman–Crippen MR) is 145 cm³/mol. The van der Waals surface area contributed by atoms with Crippen molar-refractivity contribution < 1.29 is 52.8 Å². The maximum absolute atomic E-state index is 4.39. The molecule has 0 unspecified atom stereocenters. The second-order valence-electron chi connectivity index (χ2n) is 8.84. The molecule has 0 N–H and O–H groups in total. The molecular weight excluding hydrogens is 704 g/mol. The second kappa shape index (κ2) is 15.9. The van der Waals surface area contributed by atoms with E-state index in [4.69, 9.17) is 0 Å². The van der Waals surface area contributed by atoms with Crippen LogP contribution in [0.25, 0.3) is 33.6 Å². The quantitative estimate of drug-likeness (QED) is 0.144. The Bertz CT molecular complexity index is 1270. The van der Waals surface area contributed by atoms with Gasteiger partial charge < -0.3 is 16.0 Å². The zero-order chi connectivity index (χ0) is 23.8. The molecule has 5 heteroatoms. The van der Waals surface area contributed by atoms with Gasteiger partial charge in [-0.3, -0.25) is 23.3 Å². The van der Waals surface area contributed by atoms with E-state index in [1.807, 2.05) is 85.1 Å². The first-order valence-corrected chi connectivity index (χ1v) is 11.3. The second-order valence-corrected chi connectivity index (χ2v) is 8.84. The first-order chi connectivity index (χ1) is 16.5. The molecule has 0 saturated heterocycles. The summed E-state index contributed by atoms with van der Waals surface area (Å²) in [7, 11) is 0. The molecule has 5 rings (SSSR count). The van der Waals surface area contributed by atoms with Crippen LogP contribution in [0.3, 0.4) is 0 Å². The molecule has 5 radical (unpaired) electrons. The number of benzene rings is 3. The Morgan fingerprint density at radius 3 is 1.86 bits per heavy atom. The van der Waals surface area contributed by atoms with E-state index in [-0.39, 0.29) is 66.6 Å². The average molecular weight is 731 g/mol. The summed E-state index contributed by atoms with van der Waals surface area (Å²) < 4.78 is 0. The summed E-state index contributed by atoms with van der Waals surface area (Å²) in [5.74, 6) is 0. The molecule has 0 saturated carbocycles. The summed E-state index contributed by atoms with van der Waals surface area (Å²) in [4.78, 5) is 8.70. The zero-order valence-corrected chi connectivity index (χ0v) is 26.4. The fraction of sp³-hybridized carbons (Fsp3) is 0.125. The van der Waals surface area contributed by atoms with E-state index in [0.717, 1.165) is 33.6 Å². The summed E-state index contributed by atoms with van der Waals surface area (Å²) in [6, 6.07) is 42.6. The summed E-state index contributed by atoms with van der Waals surface area (Å²) in [5, 5.41) is 0. The van der Waals surface area contributed by atoms with Gasteiger partial charge in [-0.25, -0.2) is 6.07 Å². The molecule has 0 spiro atoms. The number of aromatic nitrogens is 2.